The molecule has 0 spiro atoms. The van der Waals surface area contributed by atoms with Crippen LogP contribution in [0, 0.1) is 6.92 Å². The molecule has 2 aromatic rings. The van der Waals surface area contributed by atoms with Gasteiger partial charge >= 0.3 is 0 Å². The Kier molecular flexibility index (Phi) is 3.10. The van der Waals surface area contributed by atoms with Crippen LogP contribution in [0.3, 0.4) is 0 Å². The van der Waals surface area contributed by atoms with Gasteiger partial charge in [-0.1, -0.05) is 30.3 Å². The number of benzene rings is 1. The lowest BCUT2D eigenvalue weighted by Gasteiger charge is -2.04. The van der Waals surface area contributed by atoms with Crippen LogP contribution in [0.1, 0.15) is 5.56 Å². The highest BCUT2D eigenvalue weighted by Crippen LogP contribution is 2.26. The molecular formula is C14H12O3. The average Bonchev–Trinajstić information content (AvgIpc) is 2.46. The third-order valence-corrected chi connectivity index (χ3v) is 2.37. The van der Waals surface area contributed by atoms with Crippen LogP contribution in [0.2, 0.25) is 0 Å². The largest absolute Gasteiger partial charge is 0.502 e. The van der Waals surface area contributed by atoms with Crippen molar-refractivity contribution in [2.45, 2.75) is 6.92 Å². The van der Waals surface area contributed by atoms with Crippen LogP contribution in [0.15, 0.2) is 53.3 Å². The highest BCUT2D eigenvalue weighted by atomic mass is 16.5. The molecule has 1 N–H and O–H groups in total. The Morgan fingerprint density at radius 3 is 2.41 bits per heavy atom. The van der Waals surface area contributed by atoms with Crippen molar-refractivity contribution in [3.63, 3.8) is 0 Å². The van der Waals surface area contributed by atoms with E-state index >= 15 is 0 Å². The molecule has 0 aliphatic carbocycles. The molecule has 3 heteroatoms. The van der Waals surface area contributed by atoms with Crippen LogP contribution >= 0.6 is 0 Å². The van der Waals surface area contributed by atoms with Crippen molar-refractivity contribution in [2.75, 3.05) is 0 Å². The van der Waals surface area contributed by atoms with Crippen molar-refractivity contribution in [1.29, 1.82) is 0 Å². The molecule has 0 bridgehead atoms. The highest BCUT2D eigenvalue weighted by molar-refractivity contribution is 5.42. The Balaban J connectivity index is 2.45. The quantitative estimate of drug-likeness (QED) is 0.859. The van der Waals surface area contributed by atoms with Crippen molar-refractivity contribution >= 4 is 0 Å². The lowest BCUT2D eigenvalue weighted by molar-refractivity contribution is 0.409. The van der Waals surface area contributed by atoms with Gasteiger partial charge in [0.2, 0.25) is 11.2 Å². The minimum absolute atomic E-state index is 0.161. The highest BCUT2D eigenvalue weighted by Gasteiger charge is 2.07. The van der Waals surface area contributed by atoms with Crippen LogP contribution in [0.5, 0.6) is 17.2 Å². The Morgan fingerprint density at radius 1 is 1.00 bits per heavy atom. The van der Waals surface area contributed by atoms with E-state index in [2.05, 4.69) is 0 Å². The Labute approximate surface area is 98.9 Å². The molecule has 2 aromatic carbocycles. The van der Waals surface area contributed by atoms with Gasteiger partial charge in [-0.25, -0.2) is 0 Å². The second-order valence-electron chi connectivity index (χ2n) is 3.67. The fourth-order valence-corrected chi connectivity index (χ4v) is 1.43. The third kappa shape index (κ3) is 2.45. The summed E-state index contributed by atoms with van der Waals surface area (Å²) < 4.78 is 5.45. The van der Waals surface area contributed by atoms with Gasteiger partial charge in [0.05, 0.1) is 0 Å². The molecule has 0 saturated heterocycles. The van der Waals surface area contributed by atoms with Gasteiger partial charge in [0.15, 0.2) is 5.75 Å². The number of aromatic hydroxyl groups is 1. The topological polar surface area (TPSA) is 46.5 Å². The number of hydrogen-bond donors (Lipinski definition) is 1. The fourth-order valence-electron chi connectivity index (χ4n) is 1.43. The molecule has 0 aliphatic heterocycles. The maximum absolute atomic E-state index is 11.6. The smallest absolute Gasteiger partial charge is 0.226 e. The SMILES string of the molecule is Cc1cccc(Oc2ccccc2)c(O)c1=O. The van der Waals surface area contributed by atoms with Crippen molar-refractivity contribution in [1.82, 2.24) is 0 Å². The van der Waals surface area contributed by atoms with Gasteiger partial charge in [-0.15, -0.1) is 0 Å². The first-order valence-electron chi connectivity index (χ1n) is 5.24. The summed E-state index contributed by atoms with van der Waals surface area (Å²) in [5.74, 6) is 0.372. The van der Waals surface area contributed by atoms with E-state index in [4.69, 9.17) is 4.74 Å². The van der Waals surface area contributed by atoms with E-state index in [0.29, 0.717) is 11.3 Å². The predicted molar refractivity (Wildman–Crippen MR) is 65.6 cm³/mol. The summed E-state index contributed by atoms with van der Waals surface area (Å²) in [4.78, 5) is 11.6. The van der Waals surface area contributed by atoms with Crippen LogP contribution in [0.25, 0.3) is 0 Å². The van der Waals surface area contributed by atoms with Gasteiger partial charge in [0.1, 0.15) is 5.75 Å². The molecule has 17 heavy (non-hydrogen) atoms. The number of para-hydroxylation sites is 1. The summed E-state index contributed by atoms with van der Waals surface area (Å²) >= 11 is 0. The van der Waals surface area contributed by atoms with Gasteiger partial charge in [0.25, 0.3) is 0 Å². The minimum Gasteiger partial charge on any atom is -0.502 e. The molecule has 0 fully saturated rings. The molecule has 0 atom stereocenters. The zero-order chi connectivity index (χ0) is 12.3. The Morgan fingerprint density at radius 2 is 1.71 bits per heavy atom. The lowest BCUT2D eigenvalue weighted by atomic mass is 10.3. The first-order valence-corrected chi connectivity index (χ1v) is 5.24. The molecule has 86 valence electrons. The van der Waals surface area contributed by atoms with E-state index in [-0.39, 0.29) is 11.5 Å². The third-order valence-electron chi connectivity index (χ3n) is 2.37. The molecular weight excluding hydrogens is 216 g/mol. The van der Waals surface area contributed by atoms with Crippen LogP contribution < -0.4 is 10.2 Å². The fraction of sp³-hybridized carbons (Fsp3) is 0.0714. The van der Waals surface area contributed by atoms with E-state index in [1.807, 2.05) is 18.2 Å². The molecule has 3 nitrogen and oxygen atoms in total. The van der Waals surface area contributed by atoms with Gasteiger partial charge in [-0.3, -0.25) is 4.79 Å². The van der Waals surface area contributed by atoms with Crippen LogP contribution in [-0.2, 0) is 0 Å². The summed E-state index contributed by atoms with van der Waals surface area (Å²) in [5, 5.41) is 9.76. The molecule has 0 aliphatic rings. The van der Waals surface area contributed by atoms with E-state index in [1.54, 1.807) is 37.3 Å². The van der Waals surface area contributed by atoms with Gasteiger partial charge < -0.3 is 9.84 Å². The second-order valence-corrected chi connectivity index (χ2v) is 3.67. The van der Waals surface area contributed by atoms with Gasteiger partial charge in [0, 0.05) is 5.56 Å². The van der Waals surface area contributed by atoms with Crippen LogP contribution in [-0.4, -0.2) is 5.11 Å². The van der Waals surface area contributed by atoms with Crippen molar-refractivity contribution < 1.29 is 9.84 Å². The number of rotatable bonds is 2. The number of hydrogen-bond acceptors (Lipinski definition) is 3. The summed E-state index contributed by atoms with van der Waals surface area (Å²) in [6, 6.07) is 13.9. The maximum atomic E-state index is 11.6. The first kappa shape index (κ1) is 11.2. The summed E-state index contributed by atoms with van der Waals surface area (Å²) in [6.07, 6.45) is 0. The molecule has 0 amide bonds. The summed E-state index contributed by atoms with van der Waals surface area (Å²) in [5.41, 5.74) is 0.0614. The Bertz CT molecular complexity index is 577. The molecule has 0 aromatic heterocycles. The molecule has 0 radical (unpaired) electrons. The van der Waals surface area contributed by atoms with E-state index in [1.165, 1.54) is 0 Å². The normalized spacial score (nSPS) is 9.94. The van der Waals surface area contributed by atoms with Crippen molar-refractivity contribution in [3.05, 3.63) is 64.3 Å². The van der Waals surface area contributed by atoms with Gasteiger partial charge in [-0.05, 0) is 25.1 Å². The lowest BCUT2D eigenvalue weighted by Crippen LogP contribution is -2.00. The summed E-state index contributed by atoms with van der Waals surface area (Å²) in [6.45, 7) is 1.65. The van der Waals surface area contributed by atoms with Gasteiger partial charge in [-0.2, -0.15) is 0 Å². The standard InChI is InChI=1S/C14H12O3/c1-10-6-5-9-12(14(16)13(10)15)17-11-7-3-2-4-8-11/h2-9H,1H3,(H,15,16). The monoisotopic (exact) mass is 228 g/mol. The van der Waals surface area contributed by atoms with E-state index in [0.717, 1.165) is 0 Å². The van der Waals surface area contributed by atoms with Crippen molar-refractivity contribution in [3.8, 4) is 17.2 Å². The average molecular weight is 228 g/mol. The first-order chi connectivity index (χ1) is 8.18. The zero-order valence-electron chi connectivity index (χ0n) is 9.38. The predicted octanol–water partition coefficient (Wildman–Crippen LogP) is 2.85. The van der Waals surface area contributed by atoms with Crippen LogP contribution in [0.4, 0.5) is 0 Å². The number of aryl methyl sites for hydroxylation is 1. The second kappa shape index (κ2) is 4.70. The van der Waals surface area contributed by atoms with E-state index < -0.39 is 5.43 Å². The maximum Gasteiger partial charge on any atom is 0.226 e. The minimum atomic E-state index is -0.416. The van der Waals surface area contributed by atoms with E-state index in [9.17, 15) is 9.90 Å². The molecule has 2 rings (SSSR count). The Hall–Kier alpha value is -2.29. The molecule has 0 heterocycles. The van der Waals surface area contributed by atoms with Crippen molar-refractivity contribution in [2.24, 2.45) is 0 Å². The molecule has 0 unspecified atom stereocenters. The zero-order valence-corrected chi connectivity index (χ0v) is 9.38. The summed E-state index contributed by atoms with van der Waals surface area (Å²) in [7, 11) is 0. The number of ether oxygens (including phenoxy) is 1. The molecule has 0 saturated carbocycles.